The smallest absolute Gasteiger partial charge is 0.354 e. The maximum absolute atomic E-state index is 10.6. The van der Waals surface area contributed by atoms with E-state index in [4.69, 9.17) is 10.4 Å². The van der Waals surface area contributed by atoms with Gasteiger partial charge in [0.2, 0.25) is 0 Å². The van der Waals surface area contributed by atoms with E-state index in [9.17, 15) is 4.79 Å². The van der Waals surface area contributed by atoms with Crippen LogP contribution in [0.3, 0.4) is 0 Å². The first kappa shape index (κ1) is 12.5. The molecule has 0 unspecified atom stereocenters. The number of pyridine rings is 2. The molecule has 0 saturated heterocycles. The van der Waals surface area contributed by atoms with E-state index in [0.29, 0.717) is 12.2 Å². The summed E-state index contributed by atoms with van der Waals surface area (Å²) in [5.74, 6) is -1.05. The van der Waals surface area contributed by atoms with E-state index in [0.717, 1.165) is 11.3 Å². The number of aromatic carboxylic acids is 1. The first-order valence-corrected chi connectivity index (χ1v) is 5.47. The molecule has 0 saturated carbocycles. The van der Waals surface area contributed by atoms with Gasteiger partial charge in [-0.3, -0.25) is 0 Å². The zero-order valence-electron chi connectivity index (χ0n) is 9.87. The highest BCUT2D eigenvalue weighted by Gasteiger charge is 2.03. The van der Waals surface area contributed by atoms with Gasteiger partial charge in [0.15, 0.2) is 0 Å². The monoisotopic (exact) mass is 254 g/mol. The number of anilines is 1. The van der Waals surface area contributed by atoms with Crippen LogP contribution in [0.2, 0.25) is 0 Å². The summed E-state index contributed by atoms with van der Waals surface area (Å²) in [5.41, 5.74) is 1.97. The van der Waals surface area contributed by atoms with Gasteiger partial charge in [-0.2, -0.15) is 5.26 Å². The molecule has 0 spiro atoms. The molecular formula is C13H10N4O2. The van der Waals surface area contributed by atoms with Crippen molar-refractivity contribution in [1.29, 1.82) is 5.26 Å². The van der Waals surface area contributed by atoms with Crippen LogP contribution in [-0.2, 0) is 6.54 Å². The van der Waals surface area contributed by atoms with Crippen LogP contribution in [0.25, 0.3) is 0 Å². The molecule has 94 valence electrons. The van der Waals surface area contributed by atoms with E-state index in [-0.39, 0.29) is 5.69 Å². The molecule has 19 heavy (non-hydrogen) atoms. The third-order valence-corrected chi connectivity index (χ3v) is 2.41. The average Bonchev–Trinajstić information content (AvgIpc) is 2.46. The third-order valence-electron chi connectivity index (χ3n) is 2.41. The molecular weight excluding hydrogens is 244 g/mol. The van der Waals surface area contributed by atoms with E-state index in [1.165, 1.54) is 12.3 Å². The molecule has 6 heteroatoms. The molecule has 6 nitrogen and oxygen atoms in total. The van der Waals surface area contributed by atoms with Gasteiger partial charge in [-0.05, 0) is 23.8 Å². The highest BCUT2D eigenvalue weighted by Crippen LogP contribution is 2.09. The number of aromatic nitrogens is 2. The van der Waals surface area contributed by atoms with Gasteiger partial charge >= 0.3 is 5.97 Å². The van der Waals surface area contributed by atoms with Gasteiger partial charge in [0.25, 0.3) is 0 Å². The fourth-order valence-corrected chi connectivity index (χ4v) is 1.46. The zero-order valence-corrected chi connectivity index (χ0v) is 9.87. The first-order chi connectivity index (χ1) is 9.19. The lowest BCUT2D eigenvalue weighted by Gasteiger charge is -2.06. The molecule has 0 aliphatic carbocycles. The van der Waals surface area contributed by atoms with Gasteiger partial charge in [0.1, 0.15) is 17.5 Å². The lowest BCUT2D eigenvalue weighted by Crippen LogP contribution is -2.03. The summed E-state index contributed by atoms with van der Waals surface area (Å²) in [4.78, 5) is 18.3. The number of nitrogens with zero attached hydrogens (tertiary/aromatic N) is 3. The quantitative estimate of drug-likeness (QED) is 0.860. The van der Waals surface area contributed by atoms with Gasteiger partial charge in [-0.15, -0.1) is 0 Å². The van der Waals surface area contributed by atoms with Gasteiger partial charge in [0.05, 0.1) is 0 Å². The number of carbonyl (C=O) groups is 1. The number of hydrogen-bond acceptors (Lipinski definition) is 5. The summed E-state index contributed by atoms with van der Waals surface area (Å²) in [7, 11) is 0. The van der Waals surface area contributed by atoms with E-state index >= 15 is 0 Å². The van der Waals surface area contributed by atoms with Crippen LogP contribution >= 0.6 is 0 Å². The van der Waals surface area contributed by atoms with E-state index in [1.54, 1.807) is 24.4 Å². The van der Waals surface area contributed by atoms with E-state index in [2.05, 4.69) is 15.3 Å². The van der Waals surface area contributed by atoms with Crippen molar-refractivity contribution in [3.05, 3.63) is 53.6 Å². The SMILES string of the molecule is N#Cc1cc(NCc2ccc(C(=O)O)nc2)ccn1. The number of rotatable bonds is 4. The molecule has 0 aliphatic heterocycles. The number of nitriles is 1. The Hall–Kier alpha value is -2.94. The fourth-order valence-electron chi connectivity index (χ4n) is 1.46. The Balaban J connectivity index is 2.02. The van der Waals surface area contributed by atoms with E-state index < -0.39 is 5.97 Å². The predicted octanol–water partition coefficient (Wildman–Crippen LogP) is 1.66. The molecule has 2 rings (SSSR count). The maximum Gasteiger partial charge on any atom is 0.354 e. The number of carboxylic acid groups (broad SMARTS) is 1. The second-order valence-corrected chi connectivity index (χ2v) is 3.75. The Kier molecular flexibility index (Phi) is 3.69. The molecule has 0 radical (unpaired) electrons. The molecule has 2 N–H and O–H groups in total. The summed E-state index contributed by atoms with van der Waals surface area (Å²) in [5, 5.41) is 20.6. The number of hydrogen-bond donors (Lipinski definition) is 2. The van der Waals surface area contributed by atoms with Crippen molar-refractivity contribution >= 4 is 11.7 Å². The Morgan fingerprint density at radius 2 is 2.21 bits per heavy atom. The summed E-state index contributed by atoms with van der Waals surface area (Å²) in [6.07, 6.45) is 3.05. The van der Waals surface area contributed by atoms with Gasteiger partial charge in [-0.25, -0.2) is 14.8 Å². The molecule has 2 heterocycles. The van der Waals surface area contributed by atoms with Crippen LogP contribution in [0.1, 0.15) is 21.7 Å². The van der Waals surface area contributed by atoms with Gasteiger partial charge in [0, 0.05) is 24.6 Å². The minimum Gasteiger partial charge on any atom is -0.477 e. The molecule has 0 aliphatic rings. The van der Waals surface area contributed by atoms with Crippen LogP contribution < -0.4 is 5.32 Å². The van der Waals surface area contributed by atoms with Crippen LogP contribution in [0.5, 0.6) is 0 Å². The molecule has 0 aromatic carbocycles. The van der Waals surface area contributed by atoms with Crippen LogP contribution in [-0.4, -0.2) is 21.0 Å². The summed E-state index contributed by atoms with van der Waals surface area (Å²) in [6.45, 7) is 0.488. The first-order valence-electron chi connectivity index (χ1n) is 5.47. The lowest BCUT2D eigenvalue weighted by atomic mass is 10.2. The van der Waals surface area contributed by atoms with Gasteiger partial charge < -0.3 is 10.4 Å². The molecule has 2 aromatic heterocycles. The molecule has 2 aromatic rings. The van der Waals surface area contributed by atoms with Crippen molar-refractivity contribution < 1.29 is 9.90 Å². The summed E-state index contributed by atoms with van der Waals surface area (Å²) < 4.78 is 0. The molecule has 0 atom stereocenters. The van der Waals surface area contributed by atoms with Crippen molar-refractivity contribution in [2.75, 3.05) is 5.32 Å². The lowest BCUT2D eigenvalue weighted by molar-refractivity contribution is 0.0690. The Morgan fingerprint density at radius 1 is 1.37 bits per heavy atom. The zero-order chi connectivity index (χ0) is 13.7. The van der Waals surface area contributed by atoms with Crippen LogP contribution in [0.4, 0.5) is 5.69 Å². The minimum absolute atomic E-state index is 0.0134. The number of carboxylic acids is 1. The van der Waals surface area contributed by atoms with Crippen LogP contribution in [0.15, 0.2) is 36.7 Å². The standard InChI is InChI=1S/C13H10N4O2/c14-6-11-5-10(3-4-15-11)16-7-9-1-2-12(13(18)19)17-8-9/h1-5,8H,7H2,(H,15,16)(H,18,19). The van der Waals surface area contributed by atoms with Gasteiger partial charge in [-0.1, -0.05) is 6.07 Å². The van der Waals surface area contributed by atoms with Crippen molar-refractivity contribution in [3.63, 3.8) is 0 Å². The summed E-state index contributed by atoms with van der Waals surface area (Å²) in [6, 6.07) is 8.49. The fraction of sp³-hybridized carbons (Fsp3) is 0.0769. The maximum atomic E-state index is 10.6. The molecule has 0 amide bonds. The summed E-state index contributed by atoms with van der Waals surface area (Å²) >= 11 is 0. The third kappa shape index (κ3) is 3.26. The Morgan fingerprint density at radius 3 is 2.84 bits per heavy atom. The second kappa shape index (κ2) is 5.60. The Bertz CT molecular complexity index is 632. The normalized spacial score (nSPS) is 9.63. The number of nitrogens with one attached hydrogen (secondary N) is 1. The van der Waals surface area contributed by atoms with Crippen LogP contribution in [0, 0.1) is 11.3 Å². The highest BCUT2D eigenvalue weighted by atomic mass is 16.4. The molecule has 0 fully saturated rings. The van der Waals surface area contributed by atoms with Crippen molar-refractivity contribution in [2.45, 2.75) is 6.54 Å². The minimum atomic E-state index is -1.05. The Labute approximate surface area is 109 Å². The largest absolute Gasteiger partial charge is 0.477 e. The topological polar surface area (TPSA) is 98.9 Å². The van der Waals surface area contributed by atoms with Crippen molar-refractivity contribution in [2.24, 2.45) is 0 Å². The van der Waals surface area contributed by atoms with Crippen molar-refractivity contribution in [3.8, 4) is 6.07 Å². The highest BCUT2D eigenvalue weighted by molar-refractivity contribution is 5.85. The predicted molar refractivity (Wildman–Crippen MR) is 67.5 cm³/mol. The average molecular weight is 254 g/mol. The molecule has 0 bridgehead atoms. The second-order valence-electron chi connectivity index (χ2n) is 3.75. The van der Waals surface area contributed by atoms with E-state index in [1.807, 2.05) is 6.07 Å². The van der Waals surface area contributed by atoms with Crippen molar-refractivity contribution in [1.82, 2.24) is 9.97 Å².